The molecule has 11 nitrogen and oxygen atoms in total. The molecule has 0 heterocycles. The second kappa shape index (κ2) is 15.1. The first-order chi connectivity index (χ1) is 19.4. The van der Waals surface area contributed by atoms with Gasteiger partial charge in [-0.05, 0) is 48.4 Å². The van der Waals surface area contributed by atoms with Gasteiger partial charge in [-0.15, -0.1) is 0 Å². The minimum atomic E-state index is -1.10. The first-order valence-corrected chi connectivity index (χ1v) is 12.1. The monoisotopic (exact) mass is 543 g/mol. The normalized spacial score (nSPS) is 13.4. The van der Waals surface area contributed by atoms with E-state index in [1.54, 1.807) is 54.6 Å². The molecule has 0 bridgehead atoms. The first-order valence-electron chi connectivity index (χ1n) is 12.1. The van der Waals surface area contributed by atoms with Crippen molar-refractivity contribution in [3.05, 3.63) is 95.7 Å². The smallest absolute Gasteiger partial charge is 0.333 e. The van der Waals surface area contributed by atoms with E-state index in [1.807, 2.05) is 18.2 Å². The summed E-state index contributed by atoms with van der Waals surface area (Å²) in [4.78, 5) is 40.1. The molecule has 2 amide bonds. The van der Waals surface area contributed by atoms with Crippen molar-refractivity contribution in [2.24, 2.45) is 15.9 Å². The van der Waals surface area contributed by atoms with Crippen molar-refractivity contribution < 1.29 is 29.0 Å². The molecular weight excluding hydrogens is 514 g/mol. The number of hydrazone groups is 1. The number of allylic oxidation sites excluding steroid dienone is 4. The number of hydrogen-bond donors (Lipinski definition) is 4. The van der Waals surface area contributed by atoms with Gasteiger partial charge in [0.05, 0.1) is 18.4 Å². The highest BCUT2D eigenvalue weighted by molar-refractivity contribution is 6.31. The third kappa shape index (κ3) is 9.14. The number of anilines is 1. The number of nitrogens with two attached hydrogens (primary N) is 1. The van der Waals surface area contributed by atoms with E-state index in [4.69, 9.17) is 15.3 Å². The van der Waals surface area contributed by atoms with Crippen molar-refractivity contribution in [1.29, 1.82) is 0 Å². The molecule has 40 heavy (non-hydrogen) atoms. The Morgan fingerprint density at radius 3 is 2.60 bits per heavy atom. The zero-order valence-corrected chi connectivity index (χ0v) is 21.7. The molecular formula is C29H29N5O6. The minimum Gasteiger partial charge on any atom is -0.493 e. The summed E-state index contributed by atoms with van der Waals surface area (Å²) in [6.07, 6.45) is 11.0. The van der Waals surface area contributed by atoms with Crippen LogP contribution in [-0.2, 0) is 14.4 Å². The zero-order chi connectivity index (χ0) is 28.7. The fourth-order valence-electron chi connectivity index (χ4n) is 3.42. The number of para-hydroxylation sites is 1. The van der Waals surface area contributed by atoms with Gasteiger partial charge < -0.3 is 31.1 Å². The minimum absolute atomic E-state index is 0.0587. The Bertz CT molecular complexity index is 1410. The third-order valence-electron chi connectivity index (χ3n) is 5.36. The van der Waals surface area contributed by atoms with Crippen LogP contribution in [0.4, 0.5) is 5.69 Å². The maximum Gasteiger partial charge on any atom is 0.333 e. The SMILES string of the molecule is COc1ccc(/C=C/C(=O)NC2=C(C(=O)O)CC=CC=C2)cc1OC/C(C=NCC(=O)Nc1ccccc1)=N/N. The Kier molecular flexibility index (Phi) is 11.0. The number of aliphatic carboxylic acids is 1. The Morgan fingerprint density at radius 2 is 1.88 bits per heavy atom. The van der Waals surface area contributed by atoms with E-state index in [0.29, 0.717) is 22.7 Å². The van der Waals surface area contributed by atoms with Crippen molar-refractivity contribution in [2.45, 2.75) is 6.42 Å². The molecule has 2 aromatic carbocycles. The number of benzene rings is 2. The van der Waals surface area contributed by atoms with E-state index in [-0.39, 0.29) is 42.5 Å². The molecule has 5 N–H and O–H groups in total. The molecule has 0 fully saturated rings. The average molecular weight is 544 g/mol. The van der Waals surface area contributed by atoms with Crippen LogP contribution in [-0.4, -0.2) is 55.1 Å². The van der Waals surface area contributed by atoms with Gasteiger partial charge in [-0.2, -0.15) is 5.10 Å². The topological polar surface area (TPSA) is 165 Å². The summed E-state index contributed by atoms with van der Waals surface area (Å²) in [5, 5.41) is 18.4. The molecule has 206 valence electrons. The number of amides is 2. The van der Waals surface area contributed by atoms with Crippen LogP contribution in [0.3, 0.4) is 0 Å². The lowest BCUT2D eigenvalue weighted by atomic mass is 10.1. The Hall–Kier alpha value is -5.45. The summed E-state index contributed by atoms with van der Waals surface area (Å²) in [6, 6.07) is 14.0. The van der Waals surface area contributed by atoms with Crippen molar-refractivity contribution >= 4 is 41.5 Å². The van der Waals surface area contributed by atoms with Crippen molar-refractivity contribution in [1.82, 2.24) is 5.32 Å². The number of ether oxygens (including phenoxy) is 2. The number of nitrogens with zero attached hydrogens (tertiary/aromatic N) is 2. The lowest BCUT2D eigenvalue weighted by Gasteiger charge is -2.11. The average Bonchev–Trinajstić information content (AvgIpc) is 3.19. The first kappa shape index (κ1) is 29.1. The Morgan fingerprint density at radius 1 is 1.07 bits per heavy atom. The predicted molar refractivity (Wildman–Crippen MR) is 153 cm³/mol. The van der Waals surface area contributed by atoms with Gasteiger partial charge in [-0.3, -0.25) is 14.6 Å². The molecule has 11 heteroatoms. The Balaban J connectivity index is 1.60. The number of methoxy groups -OCH3 is 1. The summed E-state index contributed by atoms with van der Waals surface area (Å²) in [7, 11) is 1.48. The van der Waals surface area contributed by atoms with Gasteiger partial charge in [0.2, 0.25) is 11.8 Å². The van der Waals surface area contributed by atoms with Crippen molar-refractivity contribution in [2.75, 3.05) is 25.6 Å². The van der Waals surface area contributed by atoms with E-state index < -0.39 is 11.9 Å². The van der Waals surface area contributed by atoms with Gasteiger partial charge in [0.25, 0.3) is 0 Å². The van der Waals surface area contributed by atoms with Crippen LogP contribution in [0.5, 0.6) is 11.5 Å². The molecule has 0 spiro atoms. The van der Waals surface area contributed by atoms with Gasteiger partial charge in [-0.25, -0.2) is 4.79 Å². The van der Waals surface area contributed by atoms with Crippen molar-refractivity contribution in [3.63, 3.8) is 0 Å². The molecule has 0 saturated heterocycles. The van der Waals surface area contributed by atoms with Crippen LogP contribution in [0.15, 0.2) is 100 Å². The van der Waals surface area contributed by atoms with Crippen molar-refractivity contribution in [3.8, 4) is 11.5 Å². The molecule has 2 aromatic rings. The van der Waals surface area contributed by atoms with Gasteiger partial charge in [0.15, 0.2) is 11.5 Å². The number of carbonyl (C=O) groups is 3. The number of carboxylic acids is 1. The molecule has 0 aromatic heterocycles. The summed E-state index contributed by atoms with van der Waals surface area (Å²) in [5.74, 6) is 4.35. The molecule has 0 atom stereocenters. The van der Waals surface area contributed by atoms with Gasteiger partial charge in [0, 0.05) is 18.0 Å². The fraction of sp³-hybridized carbons (Fsp3) is 0.138. The van der Waals surface area contributed by atoms with Gasteiger partial charge >= 0.3 is 5.97 Å². The van der Waals surface area contributed by atoms with Crippen LogP contribution in [0.2, 0.25) is 0 Å². The van der Waals surface area contributed by atoms with E-state index in [9.17, 15) is 19.5 Å². The van der Waals surface area contributed by atoms with E-state index >= 15 is 0 Å². The highest BCUT2D eigenvalue weighted by Gasteiger charge is 2.14. The summed E-state index contributed by atoms with van der Waals surface area (Å²) in [5.41, 5.74) is 1.87. The fourth-order valence-corrected chi connectivity index (χ4v) is 3.42. The van der Waals surface area contributed by atoms with Gasteiger partial charge in [-0.1, -0.05) is 42.5 Å². The van der Waals surface area contributed by atoms with E-state index in [0.717, 1.165) is 0 Å². The molecule has 0 radical (unpaired) electrons. The van der Waals surface area contributed by atoms with E-state index in [2.05, 4.69) is 20.7 Å². The molecule has 0 aliphatic heterocycles. The number of hydrogen-bond acceptors (Lipinski definition) is 8. The maximum atomic E-state index is 12.5. The quantitative estimate of drug-likeness (QED) is 0.138. The number of aliphatic imine (C=N–C) groups is 1. The lowest BCUT2D eigenvalue weighted by Crippen LogP contribution is -2.22. The standard InChI is InChI=1S/C29H29N5O6/c1-39-25-14-12-20(13-15-27(35)33-24-11-7-3-6-10-23(24)29(37)38)16-26(25)40-19-22(34-30)17-31-18-28(36)32-21-8-4-2-5-9-21/h2-9,11-17H,10,18-19,30H2,1H3,(H,32,36)(H,33,35)(H,37,38)/b15-13+,31-17?,34-22+. The number of rotatable bonds is 12. The Labute approximate surface area is 231 Å². The summed E-state index contributed by atoms with van der Waals surface area (Å²) < 4.78 is 11.2. The van der Waals surface area contributed by atoms with Gasteiger partial charge in [0.1, 0.15) is 18.9 Å². The third-order valence-corrected chi connectivity index (χ3v) is 5.36. The maximum absolute atomic E-state index is 12.5. The van der Waals surface area contributed by atoms with Crippen LogP contribution >= 0.6 is 0 Å². The molecule has 3 rings (SSSR count). The zero-order valence-electron chi connectivity index (χ0n) is 21.7. The number of nitrogens with one attached hydrogen (secondary N) is 2. The lowest BCUT2D eigenvalue weighted by molar-refractivity contribution is -0.132. The second-order valence-electron chi connectivity index (χ2n) is 8.21. The second-order valence-corrected chi connectivity index (χ2v) is 8.21. The molecule has 1 aliphatic carbocycles. The highest BCUT2D eigenvalue weighted by atomic mass is 16.5. The summed E-state index contributed by atoms with van der Waals surface area (Å²) >= 11 is 0. The van der Waals surface area contributed by atoms with Crippen LogP contribution < -0.4 is 25.9 Å². The van der Waals surface area contributed by atoms with E-state index in [1.165, 1.54) is 25.5 Å². The highest BCUT2D eigenvalue weighted by Crippen LogP contribution is 2.28. The largest absolute Gasteiger partial charge is 0.493 e. The van der Waals surface area contributed by atoms with Crippen LogP contribution in [0.25, 0.3) is 6.08 Å². The summed E-state index contributed by atoms with van der Waals surface area (Å²) in [6.45, 7) is -0.187. The van der Waals surface area contributed by atoms with Crippen LogP contribution in [0, 0.1) is 0 Å². The number of carboxylic acid groups (broad SMARTS) is 1. The molecule has 1 aliphatic rings. The van der Waals surface area contributed by atoms with Crippen LogP contribution in [0.1, 0.15) is 12.0 Å². The predicted octanol–water partition coefficient (Wildman–Crippen LogP) is 3.08. The molecule has 0 unspecified atom stereocenters. The number of carbonyl (C=O) groups excluding carboxylic acids is 2. The molecule has 0 saturated carbocycles.